The van der Waals surface area contributed by atoms with Crippen molar-refractivity contribution < 1.29 is 13.5 Å². The van der Waals surface area contributed by atoms with Gasteiger partial charge in [0.05, 0.1) is 6.10 Å². The van der Waals surface area contributed by atoms with Crippen LogP contribution in [0.1, 0.15) is 39.0 Å². The fourth-order valence-corrected chi connectivity index (χ4v) is 1.95. The van der Waals surface area contributed by atoms with Gasteiger partial charge in [-0.15, -0.1) is 0 Å². The minimum Gasteiger partial charge on any atom is -0.393 e. The Hall–Kier alpha value is -0.0900. The van der Waals surface area contributed by atoms with Gasteiger partial charge < -0.3 is 5.11 Å². The number of rotatable bonds is 7. The van der Waals surface area contributed by atoms with Gasteiger partial charge in [-0.25, -0.2) is 8.42 Å². The van der Waals surface area contributed by atoms with Crippen LogP contribution in [0.3, 0.4) is 0 Å². The largest absolute Gasteiger partial charge is 0.393 e. The van der Waals surface area contributed by atoms with Crippen LogP contribution in [0.25, 0.3) is 0 Å². The normalized spacial score (nSPS) is 14.4. The van der Waals surface area contributed by atoms with Crippen molar-refractivity contribution in [2.75, 3.05) is 12.0 Å². The van der Waals surface area contributed by atoms with E-state index in [9.17, 15) is 13.5 Å². The molecule has 4 heteroatoms. The molecule has 0 bridgehead atoms. The molecule has 0 radical (unpaired) electrons. The Morgan fingerprint density at radius 2 is 1.85 bits per heavy atom. The Morgan fingerprint density at radius 3 is 2.31 bits per heavy atom. The highest BCUT2D eigenvalue weighted by molar-refractivity contribution is 7.90. The Kier molecular flexibility index (Phi) is 6.33. The van der Waals surface area contributed by atoms with Gasteiger partial charge in [0.15, 0.2) is 0 Å². The third kappa shape index (κ3) is 9.83. The SMILES string of the molecule is CCCC(O)CCCCS(C)(=O)=O. The summed E-state index contributed by atoms with van der Waals surface area (Å²) in [5, 5.41) is 9.33. The van der Waals surface area contributed by atoms with Crippen LogP contribution in [-0.2, 0) is 9.84 Å². The average molecular weight is 208 g/mol. The van der Waals surface area contributed by atoms with Gasteiger partial charge in [-0.05, 0) is 25.7 Å². The van der Waals surface area contributed by atoms with Crippen LogP contribution in [-0.4, -0.2) is 31.6 Å². The van der Waals surface area contributed by atoms with Crippen molar-refractivity contribution in [3.05, 3.63) is 0 Å². The van der Waals surface area contributed by atoms with Crippen LogP contribution in [0.5, 0.6) is 0 Å². The summed E-state index contributed by atoms with van der Waals surface area (Å²) in [4.78, 5) is 0. The predicted molar refractivity (Wildman–Crippen MR) is 54.5 cm³/mol. The first kappa shape index (κ1) is 12.9. The second kappa shape index (κ2) is 6.38. The first-order chi connectivity index (χ1) is 5.95. The summed E-state index contributed by atoms with van der Waals surface area (Å²) in [6.07, 6.45) is 4.99. The number of hydrogen-bond acceptors (Lipinski definition) is 3. The standard InChI is InChI=1S/C9H20O3S/c1-3-6-9(10)7-4-5-8-13(2,11)12/h9-10H,3-8H2,1-2H3. The molecular formula is C9H20O3S. The molecule has 1 atom stereocenters. The molecular weight excluding hydrogens is 188 g/mol. The van der Waals surface area contributed by atoms with Crippen molar-refractivity contribution in [1.29, 1.82) is 0 Å². The van der Waals surface area contributed by atoms with Crippen LogP contribution >= 0.6 is 0 Å². The molecule has 0 rings (SSSR count). The van der Waals surface area contributed by atoms with Crippen molar-refractivity contribution >= 4 is 9.84 Å². The third-order valence-corrected chi connectivity index (χ3v) is 2.95. The van der Waals surface area contributed by atoms with E-state index in [0.29, 0.717) is 6.42 Å². The quantitative estimate of drug-likeness (QED) is 0.643. The van der Waals surface area contributed by atoms with Crippen molar-refractivity contribution in [2.45, 2.75) is 45.1 Å². The lowest BCUT2D eigenvalue weighted by Gasteiger charge is -2.07. The first-order valence-electron chi connectivity index (χ1n) is 4.81. The van der Waals surface area contributed by atoms with Gasteiger partial charge in [-0.2, -0.15) is 0 Å². The lowest BCUT2D eigenvalue weighted by Crippen LogP contribution is -2.07. The molecule has 3 nitrogen and oxygen atoms in total. The molecule has 13 heavy (non-hydrogen) atoms. The topological polar surface area (TPSA) is 54.4 Å². The highest BCUT2D eigenvalue weighted by Gasteiger charge is 2.04. The van der Waals surface area contributed by atoms with Gasteiger partial charge in [0, 0.05) is 12.0 Å². The molecule has 0 saturated heterocycles. The Bertz CT molecular complexity index is 209. The zero-order valence-corrected chi connectivity index (χ0v) is 9.31. The van der Waals surface area contributed by atoms with Gasteiger partial charge in [0.1, 0.15) is 9.84 Å². The second-order valence-corrected chi connectivity index (χ2v) is 5.83. The molecule has 0 aromatic heterocycles. The summed E-state index contributed by atoms with van der Waals surface area (Å²) in [7, 11) is -2.82. The van der Waals surface area contributed by atoms with Crippen molar-refractivity contribution in [3.8, 4) is 0 Å². The van der Waals surface area contributed by atoms with Crippen molar-refractivity contribution in [3.63, 3.8) is 0 Å². The summed E-state index contributed by atoms with van der Waals surface area (Å²) in [6, 6.07) is 0. The molecule has 1 unspecified atom stereocenters. The molecule has 1 N–H and O–H groups in total. The van der Waals surface area contributed by atoms with Gasteiger partial charge >= 0.3 is 0 Å². The van der Waals surface area contributed by atoms with Gasteiger partial charge in [0.2, 0.25) is 0 Å². The van der Waals surface area contributed by atoms with Crippen LogP contribution in [0.2, 0.25) is 0 Å². The lowest BCUT2D eigenvalue weighted by atomic mass is 10.1. The van der Waals surface area contributed by atoms with Gasteiger partial charge in [-0.1, -0.05) is 13.3 Å². The summed E-state index contributed by atoms with van der Waals surface area (Å²) in [6.45, 7) is 2.03. The van der Waals surface area contributed by atoms with Gasteiger partial charge in [-0.3, -0.25) is 0 Å². The third-order valence-electron chi connectivity index (χ3n) is 1.92. The zero-order chi connectivity index (χ0) is 10.3. The van der Waals surface area contributed by atoms with Crippen molar-refractivity contribution in [1.82, 2.24) is 0 Å². The van der Waals surface area contributed by atoms with E-state index in [4.69, 9.17) is 0 Å². The molecule has 0 aliphatic rings. The van der Waals surface area contributed by atoms with E-state index in [1.807, 2.05) is 6.92 Å². The Labute approximate surface area is 81.1 Å². The van der Waals surface area contributed by atoms with Crippen LogP contribution in [0.15, 0.2) is 0 Å². The lowest BCUT2D eigenvalue weighted by molar-refractivity contribution is 0.151. The number of aliphatic hydroxyl groups is 1. The maximum atomic E-state index is 10.7. The van der Waals surface area contributed by atoms with Crippen LogP contribution < -0.4 is 0 Å². The zero-order valence-electron chi connectivity index (χ0n) is 8.49. The summed E-state index contributed by atoms with van der Waals surface area (Å²) in [5.74, 6) is 0.242. The molecule has 0 aromatic carbocycles. The number of unbranched alkanes of at least 4 members (excludes halogenated alkanes) is 1. The maximum Gasteiger partial charge on any atom is 0.147 e. The minimum absolute atomic E-state index is 0.242. The number of hydrogen-bond donors (Lipinski definition) is 1. The van der Waals surface area contributed by atoms with E-state index in [1.165, 1.54) is 6.26 Å². The molecule has 0 amide bonds. The second-order valence-electron chi connectivity index (χ2n) is 3.57. The van der Waals surface area contributed by atoms with Gasteiger partial charge in [0.25, 0.3) is 0 Å². The molecule has 0 aromatic rings. The Balaban J connectivity index is 3.36. The van der Waals surface area contributed by atoms with Crippen molar-refractivity contribution in [2.24, 2.45) is 0 Å². The summed E-state index contributed by atoms with van der Waals surface area (Å²) < 4.78 is 21.5. The molecule has 0 aliphatic carbocycles. The van der Waals surface area contributed by atoms with E-state index in [-0.39, 0.29) is 11.9 Å². The van der Waals surface area contributed by atoms with E-state index >= 15 is 0 Å². The summed E-state index contributed by atoms with van der Waals surface area (Å²) in [5.41, 5.74) is 0. The predicted octanol–water partition coefficient (Wildman–Crippen LogP) is 1.36. The first-order valence-corrected chi connectivity index (χ1v) is 6.87. The van der Waals surface area contributed by atoms with E-state index in [0.717, 1.165) is 25.7 Å². The fourth-order valence-electron chi connectivity index (χ4n) is 1.22. The van der Waals surface area contributed by atoms with E-state index < -0.39 is 9.84 Å². The van der Waals surface area contributed by atoms with E-state index in [1.54, 1.807) is 0 Å². The average Bonchev–Trinajstić information content (AvgIpc) is 1.97. The molecule has 80 valence electrons. The van der Waals surface area contributed by atoms with Crippen LogP contribution in [0.4, 0.5) is 0 Å². The minimum atomic E-state index is -2.82. The molecule has 0 aliphatic heterocycles. The molecule has 0 fully saturated rings. The van der Waals surface area contributed by atoms with E-state index in [2.05, 4.69) is 0 Å². The Morgan fingerprint density at radius 1 is 1.23 bits per heavy atom. The molecule has 0 heterocycles. The van der Waals surface area contributed by atoms with Crippen LogP contribution in [0, 0.1) is 0 Å². The highest BCUT2D eigenvalue weighted by atomic mass is 32.2. The number of sulfone groups is 1. The molecule has 0 spiro atoms. The monoisotopic (exact) mass is 208 g/mol. The smallest absolute Gasteiger partial charge is 0.147 e. The fraction of sp³-hybridized carbons (Fsp3) is 1.00. The molecule has 0 saturated carbocycles. The summed E-state index contributed by atoms with van der Waals surface area (Å²) >= 11 is 0. The highest BCUT2D eigenvalue weighted by Crippen LogP contribution is 2.07. The maximum absolute atomic E-state index is 10.7. The number of aliphatic hydroxyl groups excluding tert-OH is 1.